The Labute approximate surface area is 326 Å². The molecule has 3 heterocycles. The van der Waals surface area contributed by atoms with Crippen LogP contribution in [-0.2, 0) is 19.6 Å². The second kappa shape index (κ2) is 14.4. The molecular formula is C48H68N6. The summed E-state index contributed by atoms with van der Waals surface area (Å²) in [5.74, 6) is 4.85. The van der Waals surface area contributed by atoms with Crippen LogP contribution in [0.5, 0.6) is 0 Å². The van der Waals surface area contributed by atoms with Crippen molar-refractivity contribution in [1.82, 2.24) is 14.7 Å². The minimum Gasteiger partial charge on any atom is -0.328 e. The summed E-state index contributed by atoms with van der Waals surface area (Å²) >= 11 is 0. The number of likely N-dealkylation sites (tertiary alicyclic amines) is 3. The van der Waals surface area contributed by atoms with Crippen LogP contribution < -0.4 is 17.2 Å². The zero-order valence-corrected chi connectivity index (χ0v) is 33.4. The lowest BCUT2D eigenvalue weighted by Gasteiger charge is -2.35. The number of rotatable bonds is 17. The number of hydrogen-bond acceptors (Lipinski definition) is 6. The Morgan fingerprint density at radius 1 is 0.537 bits per heavy atom. The van der Waals surface area contributed by atoms with Crippen molar-refractivity contribution in [2.45, 2.75) is 90.6 Å². The van der Waals surface area contributed by atoms with E-state index in [1.807, 2.05) is 0 Å². The molecule has 3 saturated heterocycles. The number of fused-ring (bicyclic) bond motifs is 3. The summed E-state index contributed by atoms with van der Waals surface area (Å²) in [4.78, 5) is 8.28. The molecule has 0 aromatic heterocycles. The van der Waals surface area contributed by atoms with Crippen LogP contribution >= 0.6 is 0 Å². The highest BCUT2D eigenvalue weighted by Gasteiger charge is 2.76. The van der Waals surface area contributed by atoms with Gasteiger partial charge in [-0.1, -0.05) is 104 Å². The molecule has 3 aliphatic heterocycles. The summed E-state index contributed by atoms with van der Waals surface area (Å²) in [7, 11) is 0. The van der Waals surface area contributed by atoms with Gasteiger partial charge in [0.25, 0.3) is 0 Å². The maximum atomic E-state index is 6.95. The molecule has 6 N–H and O–H groups in total. The van der Waals surface area contributed by atoms with E-state index < -0.39 is 0 Å². The third-order valence-electron chi connectivity index (χ3n) is 16.3. The molecule has 9 rings (SSSR count). The number of unbranched alkanes of at least 4 members (excludes halogenated alkanes) is 1. The second-order valence-corrected chi connectivity index (χ2v) is 19.7. The van der Waals surface area contributed by atoms with Crippen LogP contribution in [0.15, 0.2) is 91.0 Å². The van der Waals surface area contributed by atoms with Gasteiger partial charge >= 0.3 is 0 Å². The highest BCUT2D eigenvalue weighted by Crippen LogP contribution is 2.75. The van der Waals surface area contributed by atoms with E-state index in [9.17, 15) is 0 Å². The van der Waals surface area contributed by atoms with Crippen molar-refractivity contribution in [2.24, 2.45) is 74.9 Å². The van der Waals surface area contributed by atoms with Crippen LogP contribution in [0, 0.1) is 57.7 Å². The molecule has 6 aliphatic rings. The van der Waals surface area contributed by atoms with Crippen molar-refractivity contribution in [3.05, 3.63) is 108 Å². The van der Waals surface area contributed by atoms with Crippen molar-refractivity contribution >= 4 is 0 Å². The first-order valence-electron chi connectivity index (χ1n) is 21.7. The standard InChI is InChI=1S/C48H68N6/c1-33(49)43-40-27-52(24-36-15-7-4-8-16-36)30-46(40,43)22-14-13-21-39(48-32-54(26-38-19-11-6-12-20-38)29-42(48)45(48)35(3)51)23-47-31-53(25-37-17-9-5-10-18-37)28-41(47)44(47)34(2)50/h4-12,15-20,33-35,39-45H,13-14,21-32,49-51H2,1-3H3. The molecule has 0 radical (unpaired) electrons. The Morgan fingerprint density at radius 2 is 0.963 bits per heavy atom. The molecule has 6 heteroatoms. The average Bonchev–Trinajstić information content (AvgIpc) is 3.97. The van der Waals surface area contributed by atoms with Gasteiger partial charge in [-0.15, -0.1) is 0 Å². The topological polar surface area (TPSA) is 87.8 Å². The number of nitrogens with two attached hydrogens (primary N) is 3. The first-order valence-corrected chi connectivity index (χ1v) is 21.7. The summed E-state index contributed by atoms with van der Waals surface area (Å²) in [5.41, 5.74) is 25.9. The van der Waals surface area contributed by atoms with Crippen LogP contribution in [0.2, 0.25) is 0 Å². The minimum absolute atomic E-state index is 0.248. The molecule has 3 aliphatic carbocycles. The van der Waals surface area contributed by atoms with E-state index in [4.69, 9.17) is 17.2 Å². The van der Waals surface area contributed by atoms with Gasteiger partial charge in [-0.05, 0) is 114 Å². The minimum atomic E-state index is 0.248. The smallest absolute Gasteiger partial charge is 0.0234 e. The molecule has 0 bridgehead atoms. The van der Waals surface area contributed by atoms with Crippen LogP contribution in [-0.4, -0.2) is 72.1 Å². The Hall–Kier alpha value is -2.58. The summed E-state index contributed by atoms with van der Waals surface area (Å²) in [5, 5.41) is 0. The maximum Gasteiger partial charge on any atom is 0.0234 e. The fraction of sp³-hybridized carbons (Fsp3) is 0.625. The predicted octanol–water partition coefficient (Wildman–Crippen LogP) is 6.84. The van der Waals surface area contributed by atoms with E-state index in [2.05, 4.69) is 126 Å². The van der Waals surface area contributed by atoms with E-state index in [0.29, 0.717) is 45.8 Å². The van der Waals surface area contributed by atoms with E-state index in [0.717, 1.165) is 31.5 Å². The van der Waals surface area contributed by atoms with Crippen LogP contribution in [0.3, 0.4) is 0 Å². The van der Waals surface area contributed by atoms with Crippen molar-refractivity contribution in [2.75, 3.05) is 39.3 Å². The Bertz CT molecular complexity index is 1710. The quantitative estimate of drug-likeness (QED) is 0.132. The van der Waals surface area contributed by atoms with Gasteiger partial charge in [0.1, 0.15) is 0 Å². The predicted molar refractivity (Wildman–Crippen MR) is 221 cm³/mol. The average molecular weight is 729 g/mol. The van der Waals surface area contributed by atoms with Crippen LogP contribution in [0.25, 0.3) is 0 Å². The number of piperidine rings is 3. The lowest BCUT2D eigenvalue weighted by Crippen LogP contribution is -2.38. The van der Waals surface area contributed by atoms with Gasteiger partial charge in [-0.2, -0.15) is 0 Å². The molecule has 13 unspecified atom stereocenters. The molecule has 0 amide bonds. The fourth-order valence-electron chi connectivity index (χ4n) is 14.5. The molecule has 3 aromatic rings. The van der Waals surface area contributed by atoms with Crippen LogP contribution in [0.1, 0.15) is 69.6 Å². The largest absolute Gasteiger partial charge is 0.328 e. The molecule has 54 heavy (non-hydrogen) atoms. The van der Waals surface area contributed by atoms with Crippen LogP contribution in [0.4, 0.5) is 0 Å². The van der Waals surface area contributed by atoms with Gasteiger partial charge in [-0.3, -0.25) is 14.7 Å². The van der Waals surface area contributed by atoms with E-state index in [-0.39, 0.29) is 18.1 Å². The Morgan fingerprint density at radius 3 is 1.46 bits per heavy atom. The van der Waals surface area contributed by atoms with Gasteiger partial charge in [0.2, 0.25) is 0 Å². The summed E-state index contributed by atoms with van der Waals surface area (Å²) in [6, 6.07) is 34.1. The number of nitrogens with zero attached hydrogens (tertiary/aromatic N) is 3. The Kier molecular flexibility index (Phi) is 9.88. The van der Waals surface area contributed by atoms with Gasteiger partial charge < -0.3 is 17.2 Å². The molecule has 0 spiro atoms. The molecule has 290 valence electrons. The normalized spacial score (nSPS) is 37.7. The SMILES string of the molecule is CC(N)C1C2CN(Cc3ccccc3)CC21CCCCC(CC12CN(Cc3ccccc3)CC1C2C(C)N)C12CN(Cc3ccccc3)CC1C2C(C)N. The van der Waals surface area contributed by atoms with Crippen molar-refractivity contribution < 1.29 is 0 Å². The molecule has 6 fully saturated rings. The molecule has 13 atom stereocenters. The molecule has 6 nitrogen and oxygen atoms in total. The second-order valence-electron chi connectivity index (χ2n) is 19.7. The van der Waals surface area contributed by atoms with Crippen molar-refractivity contribution in [3.8, 4) is 0 Å². The van der Waals surface area contributed by atoms with E-state index >= 15 is 0 Å². The van der Waals surface area contributed by atoms with Gasteiger partial charge in [0.05, 0.1) is 0 Å². The van der Waals surface area contributed by atoms with E-state index in [1.165, 1.54) is 88.1 Å². The highest BCUT2D eigenvalue weighted by atomic mass is 15.2. The van der Waals surface area contributed by atoms with Gasteiger partial charge in [0, 0.05) is 77.0 Å². The van der Waals surface area contributed by atoms with Crippen molar-refractivity contribution in [1.29, 1.82) is 0 Å². The number of hydrogen-bond donors (Lipinski definition) is 3. The third kappa shape index (κ3) is 6.51. The van der Waals surface area contributed by atoms with Gasteiger partial charge in [-0.25, -0.2) is 0 Å². The third-order valence-corrected chi connectivity index (χ3v) is 16.3. The summed E-state index contributed by atoms with van der Waals surface area (Å²) in [6.45, 7) is 17.3. The zero-order chi connectivity index (χ0) is 37.2. The molecule has 3 aromatic carbocycles. The highest BCUT2D eigenvalue weighted by molar-refractivity contribution is 5.28. The lowest BCUT2D eigenvalue weighted by molar-refractivity contribution is 0.137. The Balaban J connectivity index is 0.933. The fourth-order valence-corrected chi connectivity index (χ4v) is 14.5. The number of benzene rings is 3. The first kappa shape index (κ1) is 37.0. The maximum absolute atomic E-state index is 6.95. The summed E-state index contributed by atoms with van der Waals surface area (Å²) < 4.78 is 0. The van der Waals surface area contributed by atoms with Crippen molar-refractivity contribution in [3.63, 3.8) is 0 Å². The lowest BCUT2D eigenvalue weighted by atomic mass is 9.74. The molecular weight excluding hydrogens is 661 g/mol. The first-order chi connectivity index (χ1) is 26.1. The van der Waals surface area contributed by atoms with E-state index in [1.54, 1.807) is 0 Å². The molecule has 3 saturated carbocycles. The monoisotopic (exact) mass is 729 g/mol. The zero-order valence-electron chi connectivity index (χ0n) is 33.4. The summed E-state index contributed by atoms with van der Waals surface area (Å²) in [6.07, 6.45) is 6.63. The van der Waals surface area contributed by atoms with Gasteiger partial charge in [0.15, 0.2) is 0 Å².